The second-order valence-corrected chi connectivity index (χ2v) is 8.40. The Bertz CT molecular complexity index is 849. The monoisotopic (exact) mass is 382 g/mol. The van der Waals surface area contributed by atoms with Gasteiger partial charge in [0.25, 0.3) is 5.91 Å². The van der Waals surface area contributed by atoms with Crippen molar-refractivity contribution in [3.8, 4) is 0 Å². The summed E-state index contributed by atoms with van der Waals surface area (Å²) in [6, 6.07) is 15.3. The smallest absolute Gasteiger partial charge is 0.253 e. The van der Waals surface area contributed by atoms with Gasteiger partial charge >= 0.3 is 0 Å². The van der Waals surface area contributed by atoms with E-state index >= 15 is 0 Å². The second kappa shape index (κ2) is 7.64. The lowest BCUT2D eigenvalue weighted by molar-refractivity contribution is 0.0109. The minimum atomic E-state index is -0.322. The molecule has 0 bridgehead atoms. The van der Waals surface area contributed by atoms with Crippen molar-refractivity contribution in [3.05, 3.63) is 71.0 Å². The summed E-state index contributed by atoms with van der Waals surface area (Å²) in [4.78, 5) is 16.8. The molecule has 28 heavy (non-hydrogen) atoms. The first-order valence-electron chi connectivity index (χ1n) is 9.83. The van der Waals surface area contributed by atoms with Crippen LogP contribution in [0.3, 0.4) is 0 Å². The number of amides is 1. The van der Waals surface area contributed by atoms with Crippen LogP contribution in [0, 0.1) is 18.2 Å². The minimum Gasteiger partial charge on any atom is -0.375 e. The SMILES string of the molecule is Cc1ccc(C(=O)N2CC3(CC(COCc4ccccc4)N(C)C3)C2)cc1F. The number of aryl methyl sites for hydroxylation is 1. The number of carbonyl (C=O) groups excluding carboxylic acids is 1. The van der Waals surface area contributed by atoms with Crippen LogP contribution in [-0.2, 0) is 11.3 Å². The van der Waals surface area contributed by atoms with Crippen LogP contribution >= 0.6 is 0 Å². The first kappa shape index (κ1) is 19.1. The number of benzene rings is 2. The molecule has 0 N–H and O–H groups in total. The lowest BCUT2D eigenvalue weighted by Crippen LogP contribution is -2.59. The Kier molecular flexibility index (Phi) is 5.21. The molecule has 2 aliphatic heterocycles. The van der Waals surface area contributed by atoms with E-state index in [1.807, 2.05) is 23.1 Å². The molecule has 1 amide bonds. The van der Waals surface area contributed by atoms with Gasteiger partial charge in [0.1, 0.15) is 5.82 Å². The minimum absolute atomic E-state index is 0.0732. The summed E-state index contributed by atoms with van der Waals surface area (Å²) in [5.74, 6) is -0.395. The summed E-state index contributed by atoms with van der Waals surface area (Å²) >= 11 is 0. The van der Waals surface area contributed by atoms with Crippen molar-refractivity contribution >= 4 is 5.91 Å². The van der Waals surface area contributed by atoms with E-state index in [-0.39, 0.29) is 17.1 Å². The van der Waals surface area contributed by atoms with E-state index in [2.05, 4.69) is 24.1 Å². The molecule has 148 valence electrons. The van der Waals surface area contributed by atoms with Gasteiger partial charge in [-0.05, 0) is 43.7 Å². The molecule has 0 saturated carbocycles. The summed E-state index contributed by atoms with van der Waals surface area (Å²) < 4.78 is 19.7. The van der Waals surface area contributed by atoms with Crippen molar-refractivity contribution in [1.29, 1.82) is 0 Å². The van der Waals surface area contributed by atoms with E-state index in [1.54, 1.807) is 19.1 Å². The maximum Gasteiger partial charge on any atom is 0.253 e. The second-order valence-electron chi connectivity index (χ2n) is 8.40. The highest BCUT2D eigenvalue weighted by atomic mass is 19.1. The van der Waals surface area contributed by atoms with Crippen molar-refractivity contribution in [2.45, 2.75) is 26.0 Å². The molecule has 2 heterocycles. The molecule has 0 radical (unpaired) electrons. The number of likely N-dealkylation sites (N-methyl/N-ethyl adjacent to an activating group) is 1. The van der Waals surface area contributed by atoms with Gasteiger partial charge in [0.15, 0.2) is 0 Å². The molecule has 4 rings (SSSR count). The number of nitrogens with zero attached hydrogens (tertiary/aromatic N) is 2. The van der Waals surface area contributed by atoms with Gasteiger partial charge in [-0.25, -0.2) is 4.39 Å². The first-order chi connectivity index (χ1) is 13.5. The van der Waals surface area contributed by atoms with E-state index in [1.165, 1.54) is 11.6 Å². The molecule has 4 nitrogen and oxygen atoms in total. The highest BCUT2D eigenvalue weighted by Crippen LogP contribution is 2.42. The van der Waals surface area contributed by atoms with Gasteiger partial charge in [0, 0.05) is 36.7 Å². The molecule has 1 spiro atoms. The topological polar surface area (TPSA) is 32.8 Å². The van der Waals surface area contributed by atoms with Crippen molar-refractivity contribution in [2.24, 2.45) is 5.41 Å². The van der Waals surface area contributed by atoms with Gasteiger partial charge < -0.3 is 14.5 Å². The fourth-order valence-corrected chi connectivity index (χ4v) is 4.50. The van der Waals surface area contributed by atoms with E-state index < -0.39 is 0 Å². The molecule has 2 aromatic rings. The van der Waals surface area contributed by atoms with E-state index in [9.17, 15) is 9.18 Å². The maximum atomic E-state index is 13.8. The molecule has 1 atom stereocenters. The van der Waals surface area contributed by atoms with Gasteiger partial charge in [-0.15, -0.1) is 0 Å². The van der Waals surface area contributed by atoms with Gasteiger partial charge in [-0.2, -0.15) is 0 Å². The van der Waals surface area contributed by atoms with Gasteiger partial charge in [0.05, 0.1) is 13.2 Å². The van der Waals surface area contributed by atoms with Crippen LogP contribution in [0.25, 0.3) is 0 Å². The largest absolute Gasteiger partial charge is 0.375 e. The van der Waals surface area contributed by atoms with Gasteiger partial charge in [-0.3, -0.25) is 4.79 Å². The molecule has 2 aliphatic rings. The standard InChI is InChI=1S/C23H27FN2O2/c1-17-8-9-19(10-21(17)24)22(27)26-15-23(16-26)11-20(25(2)14-23)13-28-12-18-6-4-3-5-7-18/h3-10,20H,11-16H2,1-2H3. The molecule has 5 heteroatoms. The van der Waals surface area contributed by atoms with E-state index in [0.29, 0.717) is 30.4 Å². The normalized spacial score (nSPS) is 21.1. The Morgan fingerprint density at radius 1 is 1.18 bits per heavy atom. The fraction of sp³-hybridized carbons (Fsp3) is 0.435. The Balaban J connectivity index is 1.29. The van der Waals surface area contributed by atoms with Crippen LogP contribution in [0.1, 0.15) is 27.9 Å². The van der Waals surface area contributed by atoms with Crippen molar-refractivity contribution in [3.63, 3.8) is 0 Å². The third kappa shape index (κ3) is 3.82. The van der Waals surface area contributed by atoms with Crippen LogP contribution in [0.5, 0.6) is 0 Å². The molecule has 0 aliphatic carbocycles. The Morgan fingerprint density at radius 2 is 1.93 bits per heavy atom. The summed E-state index contributed by atoms with van der Waals surface area (Å²) in [5.41, 5.74) is 2.33. The number of ether oxygens (including phenoxy) is 1. The van der Waals surface area contributed by atoms with Gasteiger partial charge in [0.2, 0.25) is 0 Å². The van der Waals surface area contributed by atoms with Crippen LogP contribution in [0.4, 0.5) is 4.39 Å². The maximum absolute atomic E-state index is 13.8. The zero-order valence-corrected chi connectivity index (χ0v) is 16.5. The van der Waals surface area contributed by atoms with Crippen molar-refractivity contribution in [2.75, 3.05) is 33.3 Å². The molecule has 2 aromatic carbocycles. The molecular weight excluding hydrogens is 355 g/mol. The number of hydrogen-bond donors (Lipinski definition) is 0. The Hall–Kier alpha value is -2.24. The number of carbonyl (C=O) groups is 1. The molecule has 2 fully saturated rings. The highest BCUT2D eigenvalue weighted by molar-refractivity contribution is 5.95. The number of rotatable bonds is 5. The zero-order valence-electron chi connectivity index (χ0n) is 16.5. The Morgan fingerprint density at radius 3 is 2.64 bits per heavy atom. The first-order valence-corrected chi connectivity index (χ1v) is 9.83. The average molecular weight is 382 g/mol. The quantitative estimate of drug-likeness (QED) is 0.794. The lowest BCUT2D eigenvalue weighted by Gasteiger charge is -2.48. The summed E-state index contributed by atoms with van der Waals surface area (Å²) in [5, 5.41) is 0. The molecule has 1 unspecified atom stereocenters. The summed E-state index contributed by atoms with van der Waals surface area (Å²) in [6.07, 6.45) is 1.03. The van der Waals surface area contributed by atoms with Gasteiger partial charge in [-0.1, -0.05) is 36.4 Å². The van der Waals surface area contributed by atoms with Crippen LogP contribution < -0.4 is 0 Å². The van der Waals surface area contributed by atoms with Crippen LogP contribution in [0.2, 0.25) is 0 Å². The number of halogens is 1. The molecule has 0 aromatic heterocycles. The third-order valence-corrected chi connectivity index (χ3v) is 6.06. The van der Waals surface area contributed by atoms with E-state index in [4.69, 9.17) is 4.74 Å². The molecular formula is C23H27FN2O2. The number of likely N-dealkylation sites (tertiary alicyclic amines) is 2. The van der Waals surface area contributed by atoms with Crippen LogP contribution in [0.15, 0.2) is 48.5 Å². The average Bonchev–Trinajstić information content (AvgIpc) is 3.00. The van der Waals surface area contributed by atoms with E-state index in [0.717, 1.165) is 26.1 Å². The summed E-state index contributed by atoms with van der Waals surface area (Å²) in [6.45, 7) is 5.47. The zero-order chi connectivity index (χ0) is 19.7. The molecule has 2 saturated heterocycles. The highest BCUT2D eigenvalue weighted by Gasteiger charge is 2.51. The number of hydrogen-bond acceptors (Lipinski definition) is 3. The third-order valence-electron chi connectivity index (χ3n) is 6.06. The van der Waals surface area contributed by atoms with Crippen molar-refractivity contribution in [1.82, 2.24) is 9.80 Å². The van der Waals surface area contributed by atoms with Crippen molar-refractivity contribution < 1.29 is 13.9 Å². The fourth-order valence-electron chi connectivity index (χ4n) is 4.50. The predicted octanol–water partition coefficient (Wildman–Crippen LogP) is 3.50. The van der Waals surface area contributed by atoms with Crippen LogP contribution in [-0.4, -0.2) is 55.0 Å². The lowest BCUT2D eigenvalue weighted by atomic mass is 9.77. The predicted molar refractivity (Wildman–Crippen MR) is 107 cm³/mol. The Labute approximate surface area is 165 Å². The summed E-state index contributed by atoms with van der Waals surface area (Å²) in [7, 11) is 2.13.